The lowest BCUT2D eigenvalue weighted by molar-refractivity contribution is -0.140. The van der Waals surface area contributed by atoms with Crippen molar-refractivity contribution in [2.24, 2.45) is 5.92 Å². The van der Waals surface area contributed by atoms with E-state index in [2.05, 4.69) is 0 Å². The molecule has 0 spiro atoms. The van der Waals surface area contributed by atoms with E-state index in [1.165, 1.54) is 11.8 Å². The van der Waals surface area contributed by atoms with Crippen molar-refractivity contribution in [2.75, 3.05) is 4.90 Å². The molecule has 1 amide bonds. The largest absolute Gasteiger partial charge is 0.480 e. The summed E-state index contributed by atoms with van der Waals surface area (Å²) in [5.74, 6) is -1.52. The van der Waals surface area contributed by atoms with Gasteiger partial charge in [-0.3, -0.25) is 9.69 Å². The number of benzene rings is 2. The minimum absolute atomic E-state index is 0.205. The molecule has 4 nitrogen and oxygen atoms in total. The van der Waals surface area contributed by atoms with Gasteiger partial charge in [-0.05, 0) is 18.6 Å². The summed E-state index contributed by atoms with van der Waals surface area (Å²) in [6, 6.07) is 16.1. The van der Waals surface area contributed by atoms with Crippen molar-refractivity contribution in [2.45, 2.75) is 26.8 Å². The van der Waals surface area contributed by atoms with Crippen LogP contribution in [0.4, 0.5) is 5.69 Å². The molecule has 2 aromatic rings. The molecule has 0 heterocycles. The zero-order chi connectivity index (χ0) is 17.0. The van der Waals surface area contributed by atoms with Crippen molar-refractivity contribution < 1.29 is 14.7 Å². The molecule has 1 atom stereocenters. The second-order valence-electron chi connectivity index (χ2n) is 5.76. The SMILES string of the molecule is CC(C)C(=O)N(c1ccccc1-c1ccccc1)[C@@H](C)C(=O)O. The monoisotopic (exact) mass is 311 g/mol. The van der Waals surface area contributed by atoms with Gasteiger partial charge in [-0.2, -0.15) is 0 Å². The smallest absolute Gasteiger partial charge is 0.326 e. The summed E-state index contributed by atoms with van der Waals surface area (Å²) in [6.45, 7) is 5.08. The van der Waals surface area contributed by atoms with Gasteiger partial charge in [0.25, 0.3) is 0 Å². The zero-order valence-corrected chi connectivity index (χ0v) is 13.6. The van der Waals surface area contributed by atoms with Gasteiger partial charge in [-0.1, -0.05) is 62.4 Å². The fraction of sp³-hybridized carbons (Fsp3) is 0.263. The van der Waals surface area contributed by atoms with Crippen LogP contribution in [-0.4, -0.2) is 23.0 Å². The van der Waals surface area contributed by atoms with Crippen LogP contribution in [0.25, 0.3) is 11.1 Å². The van der Waals surface area contributed by atoms with Gasteiger partial charge >= 0.3 is 5.97 Å². The predicted molar refractivity (Wildman–Crippen MR) is 91.3 cm³/mol. The van der Waals surface area contributed by atoms with E-state index in [1.807, 2.05) is 48.5 Å². The van der Waals surface area contributed by atoms with E-state index in [0.29, 0.717) is 5.69 Å². The van der Waals surface area contributed by atoms with Crippen LogP contribution < -0.4 is 4.90 Å². The molecule has 23 heavy (non-hydrogen) atoms. The molecule has 0 radical (unpaired) electrons. The first kappa shape index (κ1) is 16.7. The molecule has 0 fully saturated rings. The van der Waals surface area contributed by atoms with Gasteiger partial charge in [-0.25, -0.2) is 4.79 Å². The molecule has 0 bridgehead atoms. The van der Waals surface area contributed by atoms with Crippen LogP contribution in [0.1, 0.15) is 20.8 Å². The highest BCUT2D eigenvalue weighted by Gasteiger charge is 2.30. The summed E-state index contributed by atoms with van der Waals surface area (Å²) in [4.78, 5) is 25.5. The minimum Gasteiger partial charge on any atom is -0.480 e. The molecule has 120 valence electrons. The average molecular weight is 311 g/mol. The number of hydrogen-bond donors (Lipinski definition) is 1. The van der Waals surface area contributed by atoms with Crippen molar-refractivity contribution in [3.05, 3.63) is 54.6 Å². The molecule has 0 unspecified atom stereocenters. The van der Waals surface area contributed by atoms with E-state index in [4.69, 9.17) is 0 Å². The zero-order valence-electron chi connectivity index (χ0n) is 13.6. The highest BCUT2D eigenvalue weighted by Crippen LogP contribution is 2.32. The Balaban J connectivity index is 2.60. The van der Waals surface area contributed by atoms with Crippen molar-refractivity contribution in [3.8, 4) is 11.1 Å². The van der Waals surface area contributed by atoms with E-state index >= 15 is 0 Å². The van der Waals surface area contributed by atoms with Crippen molar-refractivity contribution in [3.63, 3.8) is 0 Å². The van der Waals surface area contributed by atoms with E-state index in [0.717, 1.165) is 11.1 Å². The maximum absolute atomic E-state index is 12.6. The summed E-state index contributed by atoms with van der Waals surface area (Å²) in [5, 5.41) is 9.41. The maximum Gasteiger partial charge on any atom is 0.326 e. The number of carbonyl (C=O) groups excluding carboxylic acids is 1. The molecular weight excluding hydrogens is 290 g/mol. The lowest BCUT2D eigenvalue weighted by Gasteiger charge is -2.30. The molecule has 0 aromatic heterocycles. The summed E-state index contributed by atoms with van der Waals surface area (Å²) in [6.07, 6.45) is 0. The van der Waals surface area contributed by atoms with E-state index < -0.39 is 12.0 Å². The first-order valence-corrected chi connectivity index (χ1v) is 7.63. The highest BCUT2D eigenvalue weighted by molar-refractivity contribution is 6.03. The topological polar surface area (TPSA) is 57.6 Å². The van der Waals surface area contributed by atoms with Gasteiger partial charge in [0.1, 0.15) is 6.04 Å². The first-order valence-electron chi connectivity index (χ1n) is 7.63. The number of amides is 1. The standard InChI is InChI=1S/C19H21NO3/c1-13(2)18(21)20(14(3)19(22)23)17-12-8-7-11-16(17)15-9-5-4-6-10-15/h4-14H,1-3H3,(H,22,23)/t14-/m0/s1. The van der Waals surface area contributed by atoms with Crippen LogP contribution in [-0.2, 0) is 9.59 Å². The molecule has 0 saturated carbocycles. The van der Waals surface area contributed by atoms with Crippen molar-refractivity contribution >= 4 is 17.6 Å². The van der Waals surface area contributed by atoms with Crippen LogP contribution >= 0.6 is 0 Å². The number of para-hydroxylation sites is 1. The number of carboxylic acids is 1. The Kier molecular flexibility index (Phi) is 5.16. The van der Waals surface area contributed by atoms with Crippen LogP contribution in [0.5, 0.6) is 0 Å². The number of rotatable bonds is 5. The van der Waals surface area contributed by atoms with Gasteiger partial charge < -0.3 is 5.11 Å². The Morgan fingerprint density at radius 3 is 2.04 bits per heavy atom. The lowest BCUT2D eigenvalue weighted by atomic mass is 10.0. The average Bonchev–Trinajstić information content (AvgIpc) is 2.56. The third-order valence-electron chi connectivity index (χ3n) is 3.72. The summed E-state index contributed by atoms with van der Waals surface area (Å²) in [5.41, 5.74) is 2.41. The molecule has 2 aromatic carbocycles. The molecule has 0 aliphatic carbocycles. The molecule has 0 aliphatic rings. The van der Waals surface area contributed by atoms with E-state index in [9.17, 15) is 14.7 Å². The minimum atomic E-state index is -1.03. The fourth-order valence-electron chi connectivity index (χ4n) is 2.45. The maximum atomic E-state index is 12.6. The van der Waals surface area contributed by atoms with Crippen LogP contribution in [0, 0.1) is 5.92 Å². The molecular formula is C19H21NO3. The van der Waals surface area contributed by atoms with Gasteiger partial charge in [0.2, 0.25) is 5.91 Å². The second-order valence-corrected chi connectivity index (χ2v) is 5.76. The molecule has 0 aliphatic heterocycles. The normalized spacial score (nSPS) is 12.0. The number of aliphatic carboxylic acids is 1. The van der Waals surface area contributed by atoms with Gasteiger partial charge in [0.05, 0.1) is 5.69 Å². The first-order chi connectivity index (χ1) is 10.9. The molecule has 2 rings (SSSR count). The summed E-state index contributed by atoms with van der Waals surface area (Å²) >= 11 is 0. The number of nitrogens with zero attached hydrogens (tertiary/aromatic N) is 1. The van der Waals surface area contributed by atoms with E-state index in [-0.39, 0.29) is 11.8 Å². The summed E-state index contributed by atoms with van der Waals surface area (Å²) in [7, 11) is 0. The Labute approximate surface area is 136 Å². The number of carboxylic acid groups (broad SMARTS) is 1. The quantitative estimate of drug-likeness (QED) is 0.913. The predicted octanol–water partition coefficient (Wildman–Crippen LogP) is 3.82. The van der Waals surface area contributed by atoms with Gasteiger partial charge in [0.15, 0.2) is 0 Å². The van der Waals surface area contributed by atoms with Crippen LogP contribution in [0.2, 0.25) is 0 Å². The van der Waals surface area contributed by atoms with Gasteiger partial charge in [0, 0.05) is 11.5 Å². The third-order valence-corrected chi connectivity index (χ3v) is 3.72. The van der Waals surface area contributed by atoms with Crippen LogP contribution in [0.3, 0.4) is 0 Å². The molecule has 0 saturated heterocycles. The summed E-state index contributed by atoms with van der Waals surface area (Å²) < 4.78 is 0. The van der Waals surface area contributed by atoms with E-state index in [1.54, 1.807) is 19.9 Å². The Hall–Kier alpha value is -2.62. The highest BCUT2D eigenvalue weighted by atomic mass is 16.4. The second kappa shape index (κ2) is 7.09. The number of carbonyl (C=O) groups is 2. The van der Waals surface area contributed by atoms with Crippen LogP contribution in [0.15, 0.2) is 54.6 Å². The van der Waals surface area contributed by atoms with Gasteiger partial charge in [-0.15, -0.1) is 0 Å². The number of anilines is 1. The number of hydrogen-bond acceptors (Lipinski definition) is 2. The van der Waals surface area contributed by atoms with Crippen molar-refractivity contribution in [1.82, 2.24) is 0 Å². The molecule has 1 N–H and O–H groups in total. The van der Waals surface area contributed by atoms with Crippen molar-refractivity contribution in [1.29, 1.82) is 0 Å². The Morgan fingerprint density at radius 1 is 0.913 bits per heavy atom. The third kappa shape index (κ3) is 3.59. The fourth-order valence-corrected chi connectivity index (χ4v) is 2.45. The molecule has 4 heteroatoms. The Morgan fingerprint density at radius 2 is 1.48 bits per heavy atom. The lowest BCUT2D eigenvalue weighted by Crippen LogP contribution is -2.45. The Bertz CT molecular complexity index is 695.